The molecule has 3 aromatic rings. The fraction of sp³-hybridized carbons (Fsp3) is 0.375. The van der Waals surface area contributed by atoms with E-state index in [4.69, 9.17) is 0 Å². The number of amides is 2. The summed E-state index contributed by atoms with van der Waals surface area (Å²) in [6, 6.07) is 13.4. The summed E-state index contributed by atoms with van der Waals surface area (Å²) in [5, 5.41) is 4.20. The molecule has 1 aliphatic carbocycles. The van der Waals surface area contributed by atoms with Crippen LogP contribution < -0.4 is 5.32 Å². The number of thiophene rings is 1. The summed E-state index contributed by atoms with van der Waals surface area (Å²) in [5.41, 5.74) is 1.88. The highest BCUT2D eigenvalue weighted by Gasteiger charge is 2.30. The summed E-state index contributed by atoms with van der Waals surface area (Å²) in [6.07, 6.45) is 5.94. The maximum Gasteiger partial charge on any atom is 0.263 e. The molecule has 0 aliphatic heterocycles. The van der Waals surface area contributed by atoms with Crippen molar-refractivity contribution in [2.45, 2.75) is 31.6 Å². The fourth-order valence-electron chi connectivity index (χ4n) is 4.30. The first-order valence-corrected chi connectivity index (χ1v) is 11.3. The molecule has 1 saturated carbocycles. The van der Waals surface area contributed by atoms with Gasteiger partial charge < -0.3 is 10.2 Å². The molecule has 2 amide bonds. The van der Waals surface area contributed by atoms with Crippen molar-refractivity contribution in [2.24, 2.45) is 5.92 Å². The molecule has 156 valence electrons. The van der Waals surface area contributed by atoms with Crippen LogP contribution in [-0.2, 0) is 0 Å². The fourth-order valence-corrected chi connectivity index (χ4v) is 5.55. The molecule has 0 spiro atoms. The maximum absolute atomic E-state index is 12.8. The Bertz CT molecular complexity index is 1040. The monoisotopic (exact) mass is 421 g/mol. The summed E-state index contributed by atoms with van der Waals surface area (Å²) < 4.78 is 0. The molecular weight excluding hydrogens is 394 g/mol. The van der Waals surface area contributed by atoms with Crippen LogP contribution in [-0.4, -0.2) is 42.3 Å². The molecule has 2 heterocycles. The second kappa shape index (κ2) is 8.96. The van der Waals surface area contributed by atoms with Crippen LogP contribution in [0.5, 0.6) is 0 Å². The van der Waals surface area contributed by atoms with Gasteiger partial charge in [0.1, 0.15) is 4.83 Å². The van der Waals surface area contributed by atoms with Gasteiger partial charge in [-0.3, -0.25) is 9.59 Å². The van der Waals surface area contributed by atoms with Crippen LogP contribution >= 0.6 is 11.3 Å². The first kappa shape index (κ1) is 20.5. The Morgan fingerprint density at radius 2 is 1.80 bits per heavy atom. The molecule has 0 atom stereocenters. The number of rotatable bonds is 5. The van der Waals surface area contributed by atoms with Crippen molar-refractivity contribution in [3.63, 3.8) is 0 Å². The van der Waals surface area contributed by atoms with Gasteiger partial charge in [0.05, 0.1) is 4.88 Å². The van der Waals surface area contributed by atoms with Gasteiger partial charge >= 0.3 is 0 Å². The molecule has 4 rings (SSSR count). The molecule has 1 fully saturated rings. The third-order valence-corrected chi connectivity index (χ3v) is 7.06. The number of pyridine rings is 1. The van der Waals surface area contributed by atoms with E-state index in [-0.39, 0.29) is 11.8 Å². The van der Waals surface area contributed by atoms with Gasteiger partial charge in [-0.1, -0.05) is 24.3 Å². The minimum absolute atomic E-state index is 0.00788. The van der Waals surface area contributed by atoms with E-state index in [9.17, 15) is 9.59 Å². The highest BCUT2D eigenvalue weighted by atomic mass is 32.1. The van der Waals surface area contributed by atoms with Gasteiger partial charge in [-0.2, -0.15) is 0 Å². The lowest BCUT2D eigenvalue weighted by molar-refractivity contribution is 0.0829. The minimum Gasteiger partial charge on any atom is -0.352 e. The number of nitrogens with one attached hydrogen (secondary N) is 1. The molecule has 2 aromatic heterocycles. The van der Waals surface area contributed by atoms with Crippen LogP contribution in [0.15, 0.2) is 48.7 Å². The Balaban J connectivity index is 1.44. The Labute approximate surface area is 181 Å². The minimum atomic E-state index is -0.00788. The Hall–Kier alpha value is -2.73. The van der Waals surface area contributed by atoms with E-state index in [2.05, 4.69) is 16.4 Å². The SMILES string of the molecule is CN(C)C(=O)c1sc2ncccc2c1C1CCC(CNC(=O)c2ccccc2)CC1. The molecule has 0 bridgehead atoms. The smallest absolute Gasteiger partial charge is 0.263 e. The van der Waals surface area contributed by atoms with Crippen molar-refractivity contribution in [1.82, 2.24) is 15.2 Å². The lowest BCUT2D eigenvalue weighted by Crippen LogP contribution is -2.31. The number of hydrogen-bond donors (Lipinski definition) is 1. The molecule has 0 unspecified atom stereocenters. The lowest BCUT2D eigenvalue weighted by Gasteiger charge is -2.29. The van der Waals surface area contributed by atoms with Crippen LogP contribution in [0.3, 0.4) is 0 Å². The van der Waals surface area contributed by atoms with Crippen molar-refractivity contribution in [3.8, 4) is 0 Å². The van der Waals surface area contributed by atoms with Crippen molar-refractivity contribution in [1.29, 1.82) is 0 Å². The van der Waals surface area contributed by atoms with Crippen molar-refractivity contribution in [2.75, 3.05) is 20.6 Å². The summed E-state index contributed by atoms with van der Waals surface area (Å²) in [7, 11) is 3.60. The van der Waals surface area contributed by atoms with Crippen LogP contribution in [0.25, 0.3) is 10.2 Å². The number of hydrogen-bond acceptors (Lipinski definition) is 4. The van der Waals surface area contributed by atoms with Gasteiger partial charge in [-0.15, -0.1) is 11.3 Å². The zero-order valence-corrected chi connectivity index (χ0v) is 18.2. The van der Waals surface area contributed by atoms with E-state index in [1.807, 2.05) is 36.4 Å². The molecule has 1 N–H and O–H groups in total. The number of carbonyl (C=O) groups excluding carboxylic acids is 2. The van der Waals surface area contributed by atoms with Gasteiger partial charge in [-0.05, 0) is 61.3 Å². The van der Waals surface area contributed by atoms with Crippen molar-refractivity contribution in [3.05, 3.63) is 64.7 Å². The second-order valence-corrected chi connectivity index (χ2v) is 9.19. The second-order valence-electron chi connectivity index (χ2n) is 8.19. The molecule has 6 heteroatoms. The summed E-state index contributed by atoms with van der Waals surface area (Å²) in [5.74, 6) is 0.893. The van der Waals surface area contributed by atoms with Gasteiger partial charge in [-0.25, -0.2) is 4.98 Å². The molecule has 1 aliphatic rings. The molecule has 1 aromatic carbocycles. The first-order chi connectivity index (χ1) is 14.5. The Morgan fingerprint density at radius 1 is 1.07 bits per heavy atom. The van der Waals surface area contributed by atoms with Gasteiger partial charge in [0.15, 0.2) is 0 Å². The molecular formula is C24H27N3O2S. The molecule has 30 heavy (non-hydrogen) atoms. The topological polar surface area (TPSA) is 62.3 Å². The number of carbonyl (C=O) groups is 2. The van der Waals surface area contributed by atoms with Crippen molar-refractivity contribution >= 4 is 33.4 Å². The number of nitrogens with zero attached hydrogens (tertiary/aromatic N) is 2. The predicted octanol–water partition coefficient (Wildman–Crippen LogP) is 4.70. The third kappa shape index (κ3) is 4.24. The van der Waals surface area contributed by atoms with Crippen LogP contribution in [0, 0.1) is 5.92 Å². The van der Waals surface area contributed by atoms with Gasteiger partial charge in [0, 0.05) is 37.8 Å². The van der Waals surface area contributed by atoms with E-state index in [1.54, 1.807) is 25.2 Å². The molecule has 0 radical (unpaired) electrons. The Morgan fingerprint density at radius 3 is 2.50 bits per heavy atom. The zero-order valence-electron chi connectivity index (χ0n) is 17.4. The standard InChI is InChI=1S/C24H27N3O2S/c1-27(2)24(29)21-20(19-9-6-14-25-23(19)30-21)17-12-10-16(11-13-17)15-26-22(28)18-7-4-3-5-8-18/h3-9,14,16-17H,10-13,15H2,1-2H3,(H,26,28). The third-order valence-electron chi connectivity index (χ3n) is 5.95. The summed E-state index contributed by atoms with van der Waals surface area (Å²) in [6.45, 7) is 0.704. The largest absolute Gasteiger partial charge is 0.352 e. The normalized spacial score (nSPS) is 18.9. The number of benzene rings is 1. The average molecular weight is 422 g/mol. The molecule has 5 nitrogen and oxygen atoms in total. The van der Waals surface area contributed by atoms with Gasteiger partial charge in [0.25, 0.3) is 11.8 Å². The highest BCUT2D eigenvalue weighted by Crippen LogP contribution is 2.43. The highest BCUT2D eigenvalue weighted by molar-refractivity contribution is 7.20. The summed E-state index contributed by atoms with van der Waals surface area (Å²) in [4.78, 5) is 33.0. The van der Waals surface area contributed by atoms with Crippen LogP contribution in [0.4, 0.5) is 0 Å². The number of fused-ring (bicyclic) bond motifs is 1. The predicted molar refractivity (Wildman–Crippen MR) is 121 cm³/mol. The average Bonchev–Trinajstić information content (AvgIpc) is 3.17. The van der Waals surface area contributed by atoms with E-state index in [0.717, 1.165) is 40.8 Å². The van der Waals surface area contributed by atoms with E-state index < -0.39 is 0 Å². The van der Waals surface area contributed by atoms with E-state index in [1.165, 1.54) is 16.9 Å². The van der Waals surface area contributed by atoms with Crippen molar-refractivity contribution < 1.29 is 9.59 Å². The van der Waals surface area contributed by atoms with Crippen LogP contribution in [0.1, 0.15) is 57.2 Å². The van der Waals surface area contributed by atoms with Crippen LogP contribution in [0.2, 0.25) is 0 Å². The first-order valence-electron chi connectivity index (χ1n) is 10.5. The maximum atomic E-state index is 12.8. The Kier molecular flexibility index (Phi) is 6.13. The molecule has 0 saturated heterocycles. The van der Waals surface area contributed by atoms with E-state index >= 15 is 0 Å². The number of aromatic nitrogens is 1. The summed E-state index contributed by atoms with van der Waals surface area (Å²) >= 11 is 1.51. The van der Waals surface area contributed by atoms with E-state index in [0.29, 0.717) is 23.9 Å². The zero-order chi connectivity index (χ0) is 21.1. The quantitative estimate of drug-likeness (QED) is 0.649. The lowest BCUT2D eigenvalue weighted by atomic mass is 9.78. The van der Waals surface area contributed by atoms with Gasteiger partial charge in [0.2, 0.25) is 0 Å².